The Morgan fingerprint density at radius 2 is 2.29 bits per heavy atom. The molecule has 1 unspecified atom stereocenters. The molecule has 0 aliphatic carbocycles. The summed E-state index contributed by atoms with van der Waals surface area (Å²) in [5, 5.41) is 5.45. The Balaban J connectivity index is 2.25. The zero-order valence-electron chi connectivity index (χ0n) is 11.6. The molecular formula is C13H15ClN4O3. The maximum atomic E-state index is 12.4. The number of rotatable bonds is 3. The molecule has 0 aromatic carbocycles. The number of amides is 3. The van der Waals surface area contributed by atoms with Gasteiger partial charge < -0.3 is 10.2 Å². The maximum absolute atomic E-state index is 12.4. The smallest absolute Gasteiger partial charge is 0.256 e. The van der Waals surface area contributed by atoms with Gasteiger partial charge in [0.15, 0.2) is 0 Å². The third-order valence-corrected chi connectivity index (χ3v) is 3.40. The van der Waals surface area contributed by atoms with Crippen molar-refractivity contribution in [1.29, 1.82) is 0 Å². The first-order valence-electron chi connectivity index (χ1n) is 6.48. The molecule has 112 valence electrons. The molecule has 1 atom stereocenters. The van der Waals surface area contributed by atoms with Crippen LogP contribution in [0.3, 0.4) is 0 Å². The van der Waals surface area contributed by atoms with Crippen LogP contribution < -0.4 is 10.6 Å². The van der Waals surface area contributed by atoms with Crippen LogP contribution in [0.1, 0.15) is 24.2 Å². The minimum absolute atomic E-state index is 0.168. The molecule has 2 heterocycles. The van der Waals surface area contributed by atoms with Crippen molar-refractivity contribution in [2.24, 2.45) is 0 Å². The second kappa shape index (κ2) is 6.09. The van der Waals surface area contributed by atoms with E-state index in [0.29, 0.717) is 17.4 Å². The Morgan fingerprint density at radius 3 is 2.90 bits per heavy atom. The summed E-state index contributed by atoms with van der Waals surface area (Å²) in [6.07, 6.45) is 1.37. The fourth-order valence-corrected chi connectivity index (χ4v) is 2.21. The number of carbonyl (C=O) groups excluding carboxylic acids is 3. The predicted octanol–water partition coefficient (Wildman–Crippen LogP) is 0.654. The third-order valence-electron chi connectivity index (χ3n) is 3.12. The van der Waals surface area contributed by atoms with Gasteiger partial charge in [0.1, 0.15) is 18.4 Å². The molecule has 21 heavy (non-hydrogen) atoms. The standard InChI is InChI=1S/C13H15ClN4O3/c1-3-15-11-9(14)4-8(5-16-11)13(21)18-6-10(19)17-12(20)7(18)2/h4-5,7H,3,6H2,1-2H3,(H,15,16)(H,17,19,20). The molecule has 1 aliphatic rings. The molecular weight excluding hydrogens is 296 g/mol. The minimum Gasteiger partial charge on any atom is -0.369 e. The Morgan fingerprint density at radius 1 is 1.57 bits per heavy atom. The summed E-state index contributed by atoms with van der Waals surface area (Å²) >= 11 is 6.04. The summed E-state index contributed by atoms with van der Waals surface area (Å²) in [5.41, 5.74) is 0.232. The van der Waals surface area contributed by atoms with E-state index in [-0.39, 0.29) is 12.1 Å². The molecule has 1 aromatic heterocycles. The number of aromatic nitrogens is 1. The molecule has 0 bridgehead atoms. The largest absolute Gasteiger partial charge is 0.369 e. The summed E-state index contributed by atoms with van der Waals surface area (Å²) in [7, 11) is 0. The van der Waals surface area contributed by atoms with Crippen LogP contribution in [0, 0.1) is 0 Å². The van der Waals surface area contributed by atoms with E-state index in [1.54, 1.807) is 6.92 Å². The van der Waals surface area contributed by atoms with Crippen molar-refractivity contribution in [3.63, 3.8) is 0 Å². The van der Waals surface area contributed by atoms with E-state index in [0.717, 1.165) is 0 Å². The van der Waals surface area contributed by atoms with E-state index >= 15 is 0 Å². The molecule has 0 saturated carbocycles. The number of hydrogen-bond acceptors (Lipinski definition) is 5. The number of carbonyl (C=O) groups is 3. The molecule has 1 aliphatic heterocycles. The van der Waals surface area contributed by atoms with Crippen molar-refractivity contribution in [2.45, 2.75) is 19.9 Å². The normalized spacial score (nSPS) is 18.4. The summed E-state index contributed by atoms with van der Waals surface area (Å²) in [5.74, 6) is -0.975. The first-order valence-corrected chi connectivity index (χ1v) is 6.86. The Kier molecular flexibility index (Phi) is 4.42. The van der Waals surface area contributed by atoms with Gasteiger partial charge in [0.2, 0.25) is 11.8 Å². The zero-order valence-corrected chi connectivity index (χ0v) is 12.4. The number of nitrogens with zero attached hydrogens (tertiary/aromatic N) is 2. The molecule has 0 spiro atoms. The molecule has 1 aromatic rings. The first-order chi connectivity index (χ1) is 9.93. The number of halogens is 1. The van der Waals surface area contributed by atoms with E-state index in [9.17, 15) is 14.4 Å². The van der Waals surface area contributed by atoms with Crippen molar-refractivity contribution in [2.75, 3.05) is 18.4 Å². The molecule has 1 saturated heterocycles. The van der Waals surface area contributed by atoms with Crippen LogP contribution in [0.15, 0.2) is 12.3 Å². The number of hydrogen-bond donors (Lipinski definition) is 2. The number of nitrogens with one attached hydrogen (secondary N) is 2. The number of anilines is 1. The third kappa shape index (κ3) is 3.13. The van der Waals surface area contributed by atoms with Gasteiger partial charge in [0.25, 0.3) is 5.91 Å². The number of imide groups is 1. The van der Waals surface area contributed by atoms with Gasteiger partial charge in [-0.3, -0.25) is 19.7 Å². The van der Waals surface area contributed by atoms with Crippen molar-refractivity contribution >= 4 is 35.1 Å². The van der Waals surface area contributed by atoms with Gasteiger partial charge in [-0.15, -0.1) is 0 Å². The number of piperazine rings is 1. The van der Waals surface area contributed by atoms with Crippen LogP contribution in [0.2, 0.25) is 5.02 Å². The molecule has 2 rings (SSSR count). The average molecular weight is 311 g/mol. The van der Waals surface area contributed by atoms with E-state index in [1.807, 2.05) is 6.92 Å². The van der Waals surface area contributed by atoms with Crippen LogP contribution in [0.5, 0.6) is 0 Å². The van der Waals surface area contributed by atoms with Gasteiger partial charge in [-0.1, -0.05) is 11.6 Å². The summed E-state index contributed by atoms with van der Waals surface area (Å²) in [4.78, 5) is 40.6. The summed E-state index contributed by atoms with van der Waals surface area (Å²) in [6, 6.07) is 0.751. The van der Waals surface area contributed by atoms with Crippen molar-refractivity contribution < 1.29 is 14.4 Å². The summed E-state index contributed by atoms with van der Waals surface area (Å²) in [6.45, 7) is 3.94. The van der Waals surface area contributed by atoms with Gasteiger partial charge in [-0.25, -0.2) is 4.98 Å². The van der Waals surface area contributed by atoms with Crippen LogP contribution >= 0.6 is 11.6 Å². The van der Waals surface area contributed by atoms with Crippen LogP contribution in [-0.4, -0.2) is 46.7 Å². The fourth-order valence-electron chi connectivity index (χ4n) is 1.98. The lowest BCUT2D eigenvalue weighted by Crippen LogP contribution is -2.58. The van der Waals surface area contributed by atoms with Crippen molar-refractivity contribution in [3.8, 4) is 0 Å². The highest BCUT2D eigenvalue weighted by molar-refractivity contribution is 6.33. The molecule has 1 fully saturated rings. The highest BCUT2D eigenvalue weighted by Gasteiger charge is 2.34. The van der Waals surface area contributed by atoms with Crippen LogP contribution in [-0.2, 0) is 9.59 Å². The Bertz CT molecular complexity index is 605. The minimum atomic E-state index is -0.720. The Hall–Kier alpha value is -2.15. The second-order valence-corrected chi connectivity index (χ2v) is 5.01. The lowest BCUT2D eigenvalue weighted by molar-refractivity contribution is -0.138. The second-order valence-electron chi connectivity index (χ2n) is 4.61. The van der Waals surface area contributed by atoms with Crippen LogP contribution in [0.4, 0.5) is 5.82 Å². The SMILES string of the molecule is CCNc1ncc(C(=O)N2CC(=O)NC(=O)C2C)cc1Cl. The van der Waals surface area contributed by atoms with Gasteiger partial charge in [0.05, 0.1) is 10.6 Å². The molecule has 8 heteroatoms. The van der Waals surface area contributed by atoms with Gasteiger partial charge >= 0.3 is 0 Å². The fraction of sp³-hybridized carbons (Fsp3) is 0.385. The molecule has 3 amide bonds. The Labute approximate surface area is 126 Å². The topological polar surface area (TPSA) is 91.4 Å². The molecule has 7 nitrogen and oxygen atoms in total. The van der Waals surface area contributed by atoms with Crippen molar-refractivity contribution in [1.82, 2.24) is 15.2 Å². The van der Waals surface area contributed by atoms with E-state index in [4.69, 9.17) is 11.6 Å². The lowest BCUT2D eigenvalue weighted by Gasteiger charge is -2.31. The quantitative estimate of drug-likeness (QED) is 0.800. The molecule has 2 N–H and O–H groups in total. The predicted molar refractivity (Wildman–Crippen MR) is 77.1 cm³/mol. The lowest BCUT2D eigenvalue weighted by atomic mass is 10.1. The van der Waals surface area contributed by atoms with E-state index in [1.165, 1.54) is 17.2 Å². The average Bonchev–Trinajstić information content (AvgIpc) is 2.44. The van der Waals surface area contributed by atoms with Crippen LogP contribution in [0.25, 0.3) is 0 Å². The monoisotopic (exact) mass is 310 g/mol. The maximum Gasteiger partial charge on any atom is 0.256 e. The highest BCUT2D eigenvalue weighted by atomic mass is 35.5. The van der Waals surface area contributed by atoms with Gasteiger partial charge in [0, 0.05) is 12.7 Å². The van der Waals surface area contributed by atoms with Gasteiger partial charge in [-0.05, 0) is 19.9 Å². The van der Waals surface area contributed by atoms with E-state index < -0.39 is 23.8 Å². The van der Waals surface area contributed by atoms with Gasteiger partial charge in [-0.2, -0.15) is 0 Å². The van der Waals surface area contributed by atoms with E-state index in [2.05, 4.69) is 15.6 Å². The number of pyridine rings is 1. The first kappa shape index (κ1) is 15.2. The zero-order chi connectivity index (χ0) is 15.6. The van der Waals surface area contributed by atoms with Crippen molar-refractivity contribution in [3.05, 3.63) is 22.8 Å². The molecule has 0 radical (unpaired) electrons. The highest BCUT2D eigenvalue weighted by Crippen LogP contribution is 2.21. The summed E-state index contributed by atoms with van der Waals surface area (Å²) < 4.78 is 0.